The molecular formula is C25H19BrN4O2S. The number of hydrogen-bond acceptors (Lipinski definition) is 7. The Morgan fingerprint density at radius 2 is 1.70 bits per heavy atom. The Hall–Kier alpha value is -3.49. The van der Waals surface area contributed by atoms with E-state index in [4.69, 9.17) is 20.2 Å². The van der Waals surface area contributed by atoms with Crippen LogP contribution < -0.4 is 15.2 Å². The Morgan fingerprint density at radius 3 is 2.42 bits per heavy atom. The molecule has 6 nitrogen and oxygen atoms in total. The number of rotatable bonds is 5. The van der Waals surface area contributed by atoms with Gasteiger partial charge < -0.3 is 15.2 Å². The van der Waals surface area contributed by atoms with Gasteiger partial charge in [-0.25, -0.2) is 15.0 Å². The Bertz CT molecular complexity index is 1470. The fraction of sp³-hybridized carbons (Fsp3) is 0.0800. The fourth-order valence-corrected chi connectivity index (χ4v) is 5.04. The molecule has 2 aromatic carbocycles. The first-order valence-corrected chi connectivity index (χ1v) is 11.7. The van der Waals surface area contributed by atoms with Crippen molar-refractivity contribution in [1.29, 1.82) is 0 Å². The topological polar surface area (TPSA) is 83.2 Å². The van der Waals surface area contributed by atoms with E-state index < -0.39 is 0 Å². The number of halogens is 1. The van der Waals surface area contributed by atoms with Crippen LogP contribution in [-0.4, -0.2) is 29.2 Å². The summed E-state index contributed by atoms with van der Waals surface area (Å²) in [7, 11) is 3.25. The number of nitrogens with zero attached hydrogens (tertiary/aromatic N) is 3. The maximum Gasteiger partial charge on any atom is 0.165 e. The van der Waals surface area contributed by atoms with E-state index in [-0.39, 0.29) is 0 Å². The van der Waals surface area contributed by atoms with Gasteiger partial charge in [0.25, 0.3) is 0 Å². The van der Waals surface area contributed by atoms with Crippen LogP contribution in [0.25, 0.3) is 43.9 Å². The van der Waals surface area contributed by atoms with Crippen molar-refractivity contribution in [1.82, 2.24) is 15.0 Å². The Kier molecular flexibility index (Phi) is 5.70. The largest absolute Gasteiger partial charge is 0.493 e. The van der Waals surface area contributed by atoms with Gasteiger partial charge in [0.15, 0.2) is 17.1 Å². The summed E-state index contributed by atoms with van der Waals surface area (Å²) in [6, 6.07) is 18.0. The van der Waals surface area contributed by atoms with Gasteiger partial charge in [-0.1, -0.05) is 40.2 Å². The number of methoxy groups -OCH3 is 2. The van der Waals surface area contributed by atoms with Gasteiger partial charge in [-0.05, 0) is 46.8 Å². The smallest absolute Gasteiger partial charge is 0.165 e. The number of anilines is 1. The van der Waals surface area contributed by atoms with Crippen molar-refractivity contribution in [2.45, 2.75) is 0 Å². The van der Waals surface area contributed by atoms with Crippen LogP contribution in [0.2, 0.25) is 0 Å². The summed E-state index contributed by atoms with van der Waals surface area (Å²) in [6.45, 7) is 0. The van der Waals surface area contributed by atoms with Gasteiger partial charge in [0.05, 0.1) is 30.2 Å². The van der Waals surface area contributed by atoms with E-state index in [0.29, 0.717) is 28.4 Å². The first-order chi connectivity index (χ1) is 16.1. The van der Waals surface area contributed by atoms with Crippen molar-refractivity contribution >= 4 is 44.1 Å². The second-order valence-electron chi connectivity index (χ2n) is 7.23. The third-order valence-electron chi connectivity index (χ3n) is 5.35. The molecule has 0 atom stereocenters. The van der Waals surface area contributed by atoms with Gasteiger partial charge in [0.2, 0.25) is 0 Å². The van der Waals surface area contributed by atoms with E-state index in [0.717, 1.165) is 37.3 Å². The highest BCUT2D eigenvalue weighted by atomic mass is 79.9. The molecule has 0 aliphatic rings. The highest BCUT2D eigenvalue weighted by Gasteiger charge is 2.23. The molecule has 164 valence electrons. The first kappa shape index (κ1) is 21.4. The average Bonchev–Trinajstić information content (AvgIpc) is 3.37. The van der Waals surface area contributed by atoms with Crippen LogP contribution in [0.1, 0.15) is 0 Å². The number of thiophene rings is 1. The molecule has 0 amide bonds. The van der Waals surface area contributed by atoms with Crippen molar-refractivity contribution in [3.05, 3.63) is 70.8 Å². The summed E-state index contributed by atoms with van der Waals surface area (Å²) in [5.41, 5.74) is 11.5. The molecule has 0 fully saturated rings. The van der Waals surface area contributed by atoms with E-state index in [2.05, 4.69) is 44.1 Å². The molecule has 3 heterocycles. The van der Waals surface area contributed by atoms with E-state index in [1.165, 1.54) is 6.33 Å². The zero-order valence-corrected chi connectivity index (χ0v) is 20.3. The number of benzene rings is 2. The monoisotopic (exact) mass is 518 g/mol. The Balaban J connectivity index is 1.97. The van der Waals surface area contributed by atoms with Crippen molar-refractivity contribution in [3.8, 4) is 44.3 Å². The molecule has 0 aliphatic carbocycles. The number of pyridine rings is 1. The lowest BCUT2D eigenvalue weighted by molar-refractivity contribution is 0.355. The molecular weight excluding hydrogens is 500 g/mol. The lowest BCUT2D eigenvalue weighted by Crippen LogP contribution is -2.02. The van der Waals surface area contributed by atoms with Crippen LogP contribution in [0, 0.1) is 0 Å². The van der Waals surface area contributed by atoms with Crippen LogP contribution >= 0.6 is 27.3 Å². The molecule has 0 aliphatic heterocycles. The standard InChI is InChI=1S/C25H19BrN4O2S/c1-31-17-9-8-15(12-18(17)32-2)21-20(14-5-3-6-16(26)11-14)22-24(27)28-13-29-25(22)30-23(21)19-7-4-10-33-19/h3-13H,1-2H3,(H2,27,28,29,30). The lowest BCUT2D eigenvalue weighted by atomic mass is 9.90. The van der Waals surface area contributed by atoms with Crippen molar-refractivity contribution < 1.29 is 9.47 Å². The summed E-state index contributed by atoms with van der Waals surface area (Å²) in [5.74, 6) is 1.66. The highest BCUT2D eigenvalue weighted by molar-refractivity contribution is 9.10. The highest BCUT2D eigenvalue weighted by Crippen LogP contribution is 2.46. The number of hydrogen-bond donors (Lipinski definition) is 1. The van der Waals surface area contributed by atoms with Crippen LogP contribution in [0.15, 0.2) is 70.8 Å². The van der Waals surface area contributed by atoms with E-state index in [1.807, 2.05) is 41.8 Å². The first-order valence-electron chi connectivity index (χ1n) is 10.1. The third-order valence-corrected chi connectivity index (χ3v) is 6.72. The molecule has 33 heavy (non-hydrogen) atoms. The van der Waals surface area contributed by atoms with E-state index >= 15 is 0 Å². The molecule has 5 rings (SSSR count). The minimum absolute atomic E-state index is 0.377. The molecule has 0 saturated heterocycles. The number of ether oxygens (including phenoxy) is 2. The summed E-state index contributed by atoms with van der Waals surface area (Å²) < 4.78 is 12.0. The second-order valence-corrected chi connectivity index (χ2v) is 9.09. The predicted molar refractivity (Wildman–Crippen MR) is 137 cm³/mol. The number of fused-ring (bicyclic) bond motifs is 1. The normalized spacial score (nSPS) is 11.0. The Morgan fingerprint density at radius 1 is 0.879 bits per heavy atom. The predicted octanol–water partition coefficient (Wildman–Crippen LogP) is 6.45. The number of nitrogens with two attached hydrogens (primary N) is 1. The maximum absolute atomic E-state index is 6.40. The summed E-state index contributed by atoms with van der Waals surface area (Å²) in [6.07, 6.45) is 1.45. The molecule has 8 heteroatoms. The molecule has 5 aromatic rings. The maximum atomic E-state index is 6.40. The van der Waals surface area contributed by atoms with Crippen LogP contribution in [-0.2, 0) is 0 Å². The van der Waals surface area contributed by atoms with Crippen LogP contribution in [0.4, 0.5) is 5.82 Å². The summed E-state index contributed by atoms with van der Waals surface area (Å²) >= 11 is 5.23. The molecule has 0 spiro atoms. The number of nitrogen functional groups attached to an aromatic ring is 1. The zero-order valence-electron chi connectivity index (χ0n) is 17.9. The van der Waals surface area contributed by atoms with E-state index in [9.17, 15) is 0 Å². The average molecular weight is 519 g/mol. The molecule has 0 saturated carbocycles. The number of aromatic nitrogens is 3. The minimum Gasteiger partial charge on any atom is -0.493 e. The molecule has 2 N–H and O–H groups in total. The molecule has 0 unspecified atom stereocenters. The minimum atomic E-state index is 0.377. The second kappa shape index (κ2) is 8.80. The van der Waals surface area contributed by atoms with Crippen LogP contribution in [0.3, 0.4) is 0 Å². The zero-order chi connectivity index (χ0) is 22.9. The molecule has 0 bridgehead atoms. The van der Waals surface area contributed by atoms with Crippen molar-refractivity contribution in [2.24, 2.45) is 0 Å². The quantitative estimate of drug-likeness (QED) is 0.287. The SMILES string of the molecule is COc1ccc(-c2c(-c3cccs3)nc3ncnc(N)c3c2-c2cccc(Br)c2)cc1OC. The van der Waals surface area contributed by atoms with E-state index in [1.54, 1.807) is 25.6 Å². The summed E-state index contributed by atoms with van der Waals surface area (Å²) in [4.78, 5) is 14.7. The fourth-order valence-electron chi connectivity index (χ4n) is 3.92. The molecule has 3 aromatic heterocycles. The van der Waals surface area contributed by atoms with Crippen LogP contribution in [0.5, 0.6) is 11.5 Å². The van der Waals surface area contributed by atoms with Gasteiger partial charge in [-0.2, -0.15) is 0 Å². The third kappa shape index (κ3) is 3.81. The van der Waals surface area contributed by atoms with Gasteiger partial charge in [0.1, 0.15) is 12.1 Å². The molecule has 0 radical (unpaired) electrons. The van der Waals surface area contributed by atoms with Gasteiger partial charge in [0, 0.05) is 15.6 Å². The summed E-state index contributed by atoms with van der Waals surface area (Å²) in [5, 5.41) is 2.74. The lowest BCUT2D eigenvalue weighted by Gasteiger charge is -2.19. The van der Waals surface area contributed by atoms with Gasteiger partial charge >= 0.3 is 0 Å². The van der Waals surface area contributed by atoms with Gasteiger partial charge in [-0.3, -0.25) is 0 Å². The van der Waals surface area contributed by atoms with Crippen molar-refractivity contribution in [2.75, 3.05) is 20.0 Å². The Labute approximate surface area is 203 Å². The van der Waals surface area contributed by atoms with Crippen molar-refractivity contribution in [3.63, 3.8) is 0 Å². The van der Waals surface area contributed by atoms with Gasteiger partial charge in [-0.15, -0.1) is 11.3 Å².